The molecule has 2 N–H and O–H groups in total. The predicted octanol–water partition coefficient (Wildman–Crippen LogP) is 3.59. The van der Waals surface area contributed by atoms with Crippen molar-refractivity contribution in [3.8, 4) is 0 Å². The largest absolute Gasteiger partial charge is 0.370 e. The lowest BCUT2D eigenvalue weighted by molar-refractivity contribution is -0.124. The molecule has 1 aliphatic carbocycles. The molecule has 4 atom stereocenters. The van der Waals surface area contributed by atoms with Gasteiger partial charge in [0.25, 0.3) is 6.43 Å². The normalized spacial score (nSPS) is 25.9. The second-order valence-corrected chi connectivity index (χ2v) is 8.35. The van der Waals surface area contributed by atoms with Crippen molar-refractivity contribution in [3.05, 3.63) is 29.8 Å². The van der Waals surface area contributed by atoms with E-state index in [1.54, 1.807) is 12.1 Å². The van der Waals surface area contributed by atoms with Gasteiger partial charge in [-0.3, -0.25) is 4.79 Å². The molecular formula is C21H31F2N3O. The summed E-state index contributed by atoms with van der Waals surface area (Å²) >= 11 is 0. The summed E-state index contributed by atoms with van der Waals surface area (Å²) in [5, 5.41) is 6.36. The summed E-state index contributed by atoms with van der Waals surface area (Å²) in [5.74, 6) is 1.29. The molecule has 0 bridgehead atoms. The average Bonchev–Trinajstić information content (AvgIpc) is 3.21. The number of carbonyl (C=O) groups excluding carboxylic acids is 1. The van der Waals surface area contributed by atoms with Gasteiger partial charge < -0.3 is 15.5 Å². The zero-order valence-corrected chi connectivity index (χ0v) is 16.4. The van der Waals surface area contributed by atoms with E-state index < -0.39 is 6.43 Å². The number of halogens is 2. The van der Waals surface area contributed by atoms with Crippen molar-refractivity contribution in [1.82, 2.24) is 10.6 Å². The summed E-state index contributed by atoms with van der Waals surface area (Å²) < 4.78 is 26.7. The molecule has 0 radical (unpaired) electrons. The highest BCUT2D eigenvalue weighted by Crippen LogP contribution is 2.42. The van der Waals surface area contributed by atoms with E-state index in [1.807, 2.05) is 13.1 Å². The number of para-hydroxylation sites is 1. The highest BCUT2D eigenvalue weighted by Gasteiger charge is 2.44. The van der Waals surface area contributed by atoms with Gasteiger partial charge in [0.2, 0.25) is 5.91 Å². The highest BCUT2D eigenvalue weighted by molar-refractivity contribution is 5.82. The molecule has 27 heavy (non-hydrogen) atoms. The Hall–Kier alpha value is -1.69. The third-order valence-electron chi connectivity index (χ3n) is 6.07. The third-order valence-corrected chi connectivity index (χ3v) is 6.07. The minimum atomic E-state index is -2.47. The van der Waals surface area contributed by atoms with Crippen LogP contribution >= 0.6 is 0 Å². The van der Waals surface area contributed by atoms with E-state index in [0.29, 0.717) is 23.4 Å². The maximum Gasteiger partial charge on any atom is 0.265 e. The first kappa shape index (κ1) is 20.1. The number of hydrogen-bond acceptors (Lipinski definition) is 3. The number of nitrogens with zero attached hydrogens (tertiary/aromatic N) is 1. The fourth-order valence-corrected chi connectivity index (χ4v) is 4.71. The zero-order chi connectivity index (χ0) is 19.6. The van der Waals surface area contributed by atoms with Gasteiger partial charge >= 0.3 is 0 Å². The quantitative estimate of drug-likeness (QED) is 0.761. The molecule has 0 spiro atoms. The molecule has 1 aromatic carbocycles. The van der Waals surface area contributed by atoms with Crippen LogP contribution in [0.25, 0.3) is 0 Å². The molecule has 1 heterocycles. The number of amides is 1. The van der Waals surface area contributed by atoms with Crippen molar-refractivity contribution in [1.29, 1.82) is 0 Å². The number of rotatable bonds is 7. The molecule has 1 amide bonds. The molecule has 2 aliphatic rings. The fourth-order valence-electron chi connectivity index (χ4n) is 4.71. The zero-order valence-electron chi connectivity index (χ0n) is 16.4. The van der Waals surface area contributed by atoms with E-state index in [2.05, 4.69) is 29.4 Å². The summed E-state index contributed by atoms with van der Waals surface area (Å²) in [6.45, 7) is 5.74. The van der Waals surface area contributed by atoms with Crippen molar-refractivity contribution in [3.63, 3.8) is 0 Å². The Kier molecular flexibility index (Phi) is 6.35. The lowest BCUT2D eigenvalue weighted by atomic mass is 9.97. The van der Waals surface area contributed by atoms with Crippen molar-refractivity contribution >= 4 is 11.6 Å². The van der Waals surface area contributed by atoms with Crippen molar-refractivity contribution < 1.29 is 13.6 Å². The first-order valence-electron chi connectivity index (χ1n) is 10.00. The van der Waals surface area contributed by atoms with Crippen molar-refractivity contribution in [2.45, 2.75) is 51.6 Å². The minimum Gasteiger partial charge on any atom is -0.370 e. The van der Waals surface area contributed by atoms with Crippen molar-refractivity contribution in [2.24, 2.45) is 17.8 Å². The fraction of sp³-hybridized carbons (Fsp3) is 0.667. The Bertz CT molecular complexity index is 652. The molecule has 6 heteroatoms. The topological polar surface area (TPSA) is 44.4 Å². The monoisotopic (exact) mass is 379 g/mol. The molecule has 1 saturated carbocycles. The van der Waals surface area contributed by atoms with Crippen LogP contribution in [0.15, 0.2) is 24.3 Å². The van der Waals surface area contributed by atoms with Crippen molar-refractivity contribution in [2.75, 3.05) is 25.0 Å². The van der Waals surface area contributed by atoms with E-state index >= 15 is 0 Å². The Morgan fingerprint density at radius 1 is 1.22 bits per heavy atom. The molecule has 1 saturated heterocycles. The Morgan fingerprint density at radius 3 is 2.63 bits per heavy atom. The van der Waals surface area contributed by atoms with Crippen LogP contribution in [0.4, 0.5) is 14.5 Å². The number of likely N-dealkylation sites (N-methyl/N-ethyl adjacent to an activating group) is 1. The van der Waals surface area contributed by atoms with Gasteiger partial charge in [-0.2, -0.15) is 0 Å². The highest BCUT2D eigenvalue weighted by atomic mass is 19.3. The number of carbonyl (C=O) groups is 1. The molecular weight excluding hydrogens is 348 g/mol. The van der Waals surface area contributed by atoms with Crippen LogP contribution < -0.4 is 15.5 Å². The van der Waals surface area contributed by atoms with Crippen LogP contribution in [0, 0.1) is 17.8 Å². The molecule has 2 fully saturated rings. The Labute approximate surface area is 160 Å². The smallest absolute Gasteiger partial charge is 0.265 e. The molecule has 4 nitrogen and oxygen atoms in total. The van der Waals surface area contributed by atoms with Gasteiger partial charge in [-0.15, -0.1) is 0 Å². The summed E-state index contributed by atoms with van der Waals surface area (Å²) in [5.41, 5.74) is 0.741. The van der Waals surface area contributed by atoms with Gasteiger partial charge in [0.15, 0.2) is 0 Å². The van der Waals surface area contributed by atoms with Crippen LogP contribution in [0.2, 0.25) is 0 Å². The summed E-state index contributed by atoms with van der Waals surface area (Å²) in [7, 11) is 1.82. The molecule has 0 aromatic heterocycles. The number of hydrogen-bond donors (Lipinski definition) is 2. The summed E-state index contributed by atoms with van der Waals surface area (Å²) in [6, 6.07) is 6.73. The second-order valence-electron chi connectivity index (χ2n) is 8.35. The average molecular weight is 379 g/mol. The molecule has 1 aromatic rings. The Balaban J connectivity index is 1.66. The van der Waals surface area contributed by atoms with Gasteiger partial charge in [-0.05, 0) is 44.2 Å². The summed E-state index contributed by atoms with van der Waals surface area (Å²) in [4.78, 5) is 14.7. The number of anilines is 1. The first-order valence-corrected chi connectivity index (χ1v) is 10.00. The number of nitrogens with one attached hydrogen (secondary N) is 2. The van der Waals surface area contributed by atoms with Crippen LogP contribution in [-0.4, -0.2) is 38.1 Å². The molecule has 150 valence electrons. The van der Waals surface area contributed by atoms with Crippen LogP contribution in [0.5, 0.6) is 0 Å². The minimum absolute atomic E-state index is 0.0586. The maximum absolute atomic E-state index is 13.4. The van der Waals surface area contributed by atoms with Gasteiger partial charge in [-0.1, -0.05) is 32.0 Å². The summed E-state index contributed by atoms with van der Waals surface area (Å²) in [6.07, 6.45) is 0.349. The van der Waals surface area contributed by atoms with Gasteiger partial charge in [0.05, 0.1) is 6.04 Å². The molecule has 0 unspecified atom stereocenters. The van der Waals surface area contributed by atoms with E-state index in [4.69, 9.17) is 0 Å². The number of alkyl halides is 2. The predicted molar refractivity (Wildman–Crippen MR) is 104 cm³/mol. The van der Waals surface area contributed by atoms with Gasteiger partial charge in [-0.25, -0.2) is 8.78 Å². The number of benzene rings is 1. The standard InChI is InChI=1S/C21H31F2N3O/c1-13(2)10-18(24-3)21(27)25-17-9-8-14-11-26(12-16(14)17)19-7-5-4-6-15(19)20(22)23/h4-7,13-14,16-18,20,24H,8-12H2,1-3H3,(H,25,27)/t14-,16+,17+,18+/m1/s1. The lowest BCUT2D eigenvalue weighted by Crippen LogP contribution is -2.49. The number of fused-ring (bicyclic) bond motifs is 1. The van der Waals surface area contributed by atoms with E-state index in [0.717, 1.165) is 32.4 Å². The third kappa shape index (κ3) is 4.42. The van der Waals surface area contributed by atoms with Crippen LogP contribution in [-0.2, 0) is 4.79 Å². The van der Waals surface area contributed by atoms with E-state index in [1.165, 1.54) is 6.07 Å². The van der Waals surface area contributed by atoms with E-state index in [9.17, 15) is 13.6 Å². The maximum atomic E-state index is 13.4. The Morgan fingerprint density at radius 2 is 1.96 bits per heavy atom. The van der Waals surface area contributed by atoms with Crippen LogP contribution in [0.1, 0.15) is 45.1 Å². The van der Waals surface area contributed by atoms with Gasteiger partial charge in [0.1, 0.15) is 0 Å². The SMILES string of the molecule is CN[C@@H](CC(C)C)C(=O)N[C@H]1CC[C@@H]2CN(c3ccccc3C(F)F)C[C@@H]21. The van der Waals surface area contributed by atoms with E-state index in [-0.39, 0.29) is 23.6 Å². The molecule has 1 aliphatic heterocycles. The molecule has 3 rings (SSSR count). The second kappa shape index (κ2) is 8.55. The van der Waals surface area contributed by atoms with Gasteiger partial charge in [0, 0.05) is 36.3 Å². The first-order chi connectivity index (χ1) is 12.9. The van der Waals surface area contributed by atoms with Crippen LogP contribution in [0.3, 0.4) is 0 Å². The lowest BCUT2D eigenvalue weighted by Gasteiger charge is -2.26.